The van der Waals surface area contributed by atoms with Crippen molar-refractivity contribution in [2.45, 2.75) is 38.1 Å². The second kappa shape index (κ2) is 5.80. The number of hydrogen-bond donors (Lipinski definition) is 1. The smallest absolute Gasteiger partial charge is 0.270 e. The molecule has 4 nitrogen and oxygen atoms in total. The zero-order valence-electron chi connectivity index (χ0n) is 10.1. The van der Waals surface area contributed by atoms with Crippen LogP contribution in [0.2, 0.25) is 0 Å². The summed E-state index contributed by atoms with van der Waals surface area (Å²) in [5.41, 5.74) is 7.37. The molecule has 18 heavy (non-hydrogen) atoms. The summed E-state index contributed by atoms with van der Waals surface area (Å²) in [5.74, 6) is 0.497. The molecule has 0 heterocycles. The van der Waals surface area contributed by atoms with Crippen molar-refractivity contribution in [2.24, 2.45) is 11.7 Å². The van der Waals surface area contributed by atoms with Gasteiger partial charge in [0.05, 0.1) is 4.92 Å². The lowest BCUT2D eigenvalue weighted by atomic mass is 9.81. The van der Waals surface area contributed by atoms with Gasteiger partial charge in [0.2, 0.25) is 0 Å². The Morgan fingerprint density at radius 3 is 2.72 bits per heavy atom. The van der Waals surface area contributed by atoms with Crippen molar-refractivity contribution >= 4 is 21.6 Å². The summed E-state index contributed by atoms with van der Waals surface area (Å²) in [6.07, 6.45) is 5.61. The van der Waals surface area contributed by atoms with E-state index in [9.17, 15) is 10.1 Å². The monoisotopic (exact) mass is 312 g/mol. The minimum atomic E-state index is -0.374. The molecule has 0 amide bonds. The Balaban J connectivity index is 2.11. The van der Waals surface area contributed by atoms with Gasteiger partial charge in [-0.25, -0.2) is 0 Å². The summed E-state index contributed by atoms with van der Waals surface area (Å²) in [7, 11) is 0. The molecule has 0 radical (unpaired) electrons. The first-order chi connectivity index (χ1) is 8.58. The SMILES string of the molecule is NC1CCCCC1Cc1ccc([N+](=O)[O-])cc1Br. The van der Waals surface area contributed by atoms with Gasteiger partial charge in [-0.1, -0.05) is 34.8 Å². The number of nitrogens with two attached hydrogens (primary N) is 1. The molecule has 0 aromatic heterocycles. The Bertz CT molecular complexity index is 451. The molecule has 2 unspecified atom stereocenters. The summed E-state index contributed by atoms with van der Waals surface area (Å²) in [4.78, 5) is 10.3. The van der Waals surface area contributed by atoms with Crippen LogP contribution < -0.4 is 5.73 Å². The lowest BCUT2D eigenvalue weighted by Crippen LogP contribution is -2.34. The van der Waals surface area contributed by atoms with E-state index in [1.165, 1.54) is 12.8 Å². The molecular formula is C13H17BrN2O2. The van der Waals surface area contributed by atoms with Crippen LogP contribution in [-0.2, 0) is 6.42 Å². The van der Waals surface area contributed by atoms with Crippen molar-refractivity contribution < 1.29 is 4.92 Å². The van der Waals surface area contributed by atoms with Gasteiger partial charge in [-0.05, 0) is 30.7 Å². The fraction of sp³-hybridized carbons (Fsp3) is 0.538. The third-order valence-electron chi connectivity index (χ3n) is 3.70. The van der Waals surface area contributed by atoms with Crippen LogP contribution in [0.5, 0.6) is 0 Å². The van der Waals surface area contributed by atoms with Gasteiger partial charge >= 0.3 is 0 Å². The second-order valence-corrected chi connectivity index (χ2v) is 5.80. The summed E-state index contributed by atoms with van der Waals surface area (Å²) >= 11 is 3.42. The minimum absolute atomic E-state index is 0.124. The van der Waals surface area contributed by atoms with E-state index in [1.54, 1.807) is 12.1 Å². The minimum Gasteiger partial charge on any atom is -0.327 e. The summed E-state index contributed by atoms with van der Waals surface area (Å²) < 4.78 is 0.814. The van der Waals surface area contributed by atoms with Crippen molar-refractivity contribution in [3.05, 3.63) is 38.3 Å². The fourth-order valence-electron chi connectivity index (χ4n) is 2.59. The first kappa shape index (κ1) is 13.5. The Morgan fingerprint density at radius 2 is 2.11 bits per heavy atom. The van der Waals surface area contributed by atoms with Gasteiger partial charge in [0.1, 0.15) is 0 Å². The number of hydrogen-bond acceptors (Lipinski definition) is 3. The maximum Gasteiger partial charge on any atom is 0.270 e. The first-order valence-corrected chi connectivity index (χ1v) is 7.05. The van der Waals surface area contributed by atoms with E-state index < -0.39 is 0 Å². The maximum atomic E-state index is 10.7. The summed E-state index contributed by atoms with van der Waals surface area (Å²) in [6.45, 7) is 0. The molecule has 1 aliphatic rings. The fourth-order valence-corrected chi connectivity index (χ4v) is 3.12. The number of non-ortho nitro benzene ring substituents is 1. The van der Waals surface area contributed by atoms with Gasteiger partial charge < -0.3 is 5.73 Å². The van der Waals surface area contributed by atoms with Crippen LogP contribution in [0.1, 0.15) is 31.2 Å². The highest BCUT2D eigenvalue weighted by Crippen LogP contribution is 2.30. The molecule has 1 saturated carbocycles. The topological polar surface area (TPSA) is 69.2 Å². The Labute approximate surface area is 115 Å². The average molecular weight is 313 g/mol. The van der Waals surface area contributed by atoms with Gasteiger partial charge in [0.15, 0.2) is 0 Å². The molecule has 0 saturated heterocycles. The van der Waals surface area contributed by atoms with Crippen LogP contribution in [-0.4, -0.2) is 11.0 Å². The number of nitro benzene ring substituents is 1. The highest BCUT2D eigenvalue weighted by Gasteiger charge is 2.23. The predicted octanol–water partition coefficient (Wildman–Crippen LogP) is 3.42. The standard InChI is InChI=1S/C13H17BrN2O2/c14-12-8-11(16(17)18)6-5-9(12)7-10-3-1-2-4-13(10)15/h5-6,8,10,13H,1-4,7,15H2. The zero-order chi connectivity index (χ0) is 13.1. The lowest BCUT2D eigenvalue weighted by molar-refractivity contribution is -0.384. The highest BCUT2D eigenvalue weighted by molar-refractivity contribution is 9.10. The molecular weight excluding hydrogens is 296 g/mol. The van der Waals surface area contributed by atoms with Crippen LogP contribution in [0.4, 0.5) is 5.69 Å². The van der Waals surface area contributed by atoms with E-state index in [0.717, 1.165) is 29.3 Å². The first-order valence-electron chi connectivity index (χ1n) is 6.26. The highest BCUT2D eigenvalue weighted by atomic mass is 79.9. The largest absolute Gasteiger partial charge is 0.327 e. The van der Waals surface area contributed by atoms with E-state index in [1.807, 2.05) is 6.07 Å². The van der Waals surface area contributed by atoms with Gasteiger partial charge in [0.25, 0.3) is 5.69 Å². The van der Waals surface area contributed by atoms with Crippen LogP contribution in [0, 0.1) is 16.0 Å². The van der Waals surface area contributed by atoms with Crippen LogP contribution in [0.25, 0.3) is 0 Å². The quantitative estimate of drug-likeness (QED) is 0.686. The van der Waals surface area contributed by atoms with Gasteiger partial charge in [-0.3, -0.25) is 10.1 Å². The number of nitro groups is 1. The molecule has 1 aromatic carbocycles. The molecule has 2 N–H and O–H groups in total. The zero-order valence-corrected chi connectivity index (χ0v) is 11.7. The normalized spacial score (nSPS) is 23.9. The van der Waals surface area contributed by atoms with Crippen molar-refractivity contribution in [1.29, 1.82) is 0 Å². The number of benzene rings is 1. The van der Waals surface area contributed by atoms with Crippen LogP contribution in [0.15, 0.2) is 22.7 Å². The van der Waals surface area contributed by atoms with E-state index in [0.29, 0.717) is 5.92 Å². The molecule has 2 rings (SSSR count). The van der Waals surface area contributed by atoms with E-state index in [-0.39, 0.29) is 16.7 Å². The number of rotatable bonds is 3. The Hall–Kier alpha value is -0.940. The average Bonchev–Trinajstić information content (AvgIpc) is 2.34. The van der Waals surface area contributed by atoms with Gasteiger partial charge in [-0.15, -0.1) is 0 Å². The van der Waals surface area contributed by atoms with Gasteiger partial charge in [0, 0.05) is 22.6 Å². The van der Waals surface area contributed by atoms with Gasteiger partial charge in [-0.2, -0.15) is 0 Å². The van der Waals surface area contributed by atoms with E-state index >= 15 is 0 Å². The molecule has 5 heteroatoms. The molecule has 0 spiro atoms. The number of nitrogens with zero attached hydrogens (tertiary/aromatic N) is 1. The Kier molecular flexibility index (Phi) is 4.35. The molecule has 2 atom stereocenters. The summed E-state index contributed by atoms with van der Waals surface area (Å²) in [5, 5.41) is 10.7. The molecule has 0 aliphatic heterocycles. The van der Waals surface area contributed by atoms with Crippen LogP contribution in [0.3, 0.4) is 0 Å². The van der Waals surface area contributed by atoms with Crippen molar-refractivity contribution in [2.75, 3.05) is 0 Å². The molecule has 1 aromatic rings. The third kappa shape index (κ3) is 3.09. The van der Waals surface area contributed by atoms with E-state index in [4.69, 9.17) is 5.73 Å². The second-order valence-electron chi connectivity index (χ2n) is 4.95. The molecule has 1 aliphatic carbocycles. The maximum absolute atomic E-state index is 10.7. The van der Waals surface area contributed by atoms with Crippen LogP contribution >= 0.6 is 15.9 Å². The third-order valence-corrected chi connectivity index (χ3v) is 4.44. The molecule has 0 bridgehead atoms. The predicted molar refractivity (Wildman–Crippen MR) is 74.4 cm³/mol. The molecule has 1 fully saturated rings. The summed E-state index contributed by atoms with van der Waals surface area (Å²) in [6, 6.07) is 5.24. The van der Waals surface area contributed by atoms with Crippen molar-refractivity contribution in [3.63, 3.8) is 0 Å². The molecule has 98 valence electrons. The lowest BCUT2D eigenvalue weighted by Gasteiger charge is -2.28. The Morgan fingerprint density at radius 1 is 1.39 bits per heavy atom. The van der Waals surface area contributed by atoms with Crippen molar-refractivity contribution in [1.82, 2.24) is 0 Å². The van der Waals surface area contributed by atoms with Crippen molar-refractivity contribution in [3.8, 4) is 0 Å². The number of halogens is 1. The van der Waals surface area contributed by atoms with E-state index in [2.05, 4.69) is 15.9 Å².